The van der Waals surface area contributed by atoms with Crippen molar-refractivity contribution in [1.29, 1.82) is 0 Å². The number of piperidine rings is 1. The van der Waals surface area contributed by atoms with Crippen molar-refractivity contribution in [3.63, 3.8) is 0 Å². The Morgan fingerprint density at radius 1 is 0.935 bits per heavy atom. The molecule has 1 saturated heterocycles. The van der Waals surface area contributed by atoms with Gasteiger partial charge in [-0.25, -0.2) is 9.59 Å². The fraction of sp³-hybridized carbons (Fsp3) is 0.391. The van der Waals surface area contributed by atoms with Crippen molar-refractivity contribution in [2.45, 2.75) is 46.2 Å². The first-order valence-corrected chi connectivity index (χ1v) is 11.2. The summed E-state index contributed by atoms with van der Waals surface area (Å²) in [6.07, 6.45) is 3.44. The first-order chi connectivity index (χ1) is 15.0. The molecule has 2 amide bonds. The smallest absolute Gasteiger partial charge is 0.329 e. The molecule has 31 heavy (non-hydrogen) atoms. The number of benzene rings is 2. The molecule has 1 fully saturated rings. The van der Waals surface area contributed by atoms with E-state index in [0.717, 1.165) is 42.7 Å². The van der Waals surface area contributed by atoms with Crippen molar-refractivity contribution in [1.82, 2.24) is 9.13 Å². The van der Waals surface area contributed by atoms with Gasteiger partial charge in [0, 0.05) is 36.9 Å². The number of nitrogens with zero attached hydrogens (tertiary/aromatic N) is 3. The molecule has 164 valence electrons. The summed E-state index contributed by atoms with van der Waals surface area (Å²) < 4.78 is 3.55. The van der Waals surface area contributed by atoms with Gasteiger partial charge in [-0.05, 0) is 69.5 Å². The van der Waals surface area contributed by atoms with Gasteiger partial charge in [0.25, 0.3) is 0 Å². The van der Waals surface area contributed by atoms with Gasteiger partial charge in [-0.2, -0.15) is 0 Å². The summed E-state index contributed by atoms with van der Waals surface area (Å²) in [6.45, 7) is 6.98. The highest BCUT2D eigenvalue weighted by molar-refractivity contribution is 6.30. The number of aryl methyl sites for hydroxylation is 2. The third-order valence-corrected chi connectivity index (χ3v) is 6.07. The second-order valence-electron chi connectivity index (χ2n) is 7.76. The molecule has 0 bridgehead atoms. The van der Waals surface area contributed by atoms with Crippen molar-refractivity contribution in [2.75, 3.05) is 28.6 Å². The second-order valence-corrected chi connectivity index (χ2v) is 8.20. The molecule has 0 saturated carbocycles. The van der Waals surface area contributed by atoms with Crippen molar-refractivity contribution in [3.8, 4) is 0 Å². The van der Waals surface area contributed by atoms with Gasteiger partial charge in [-0.1, -0.05) is 11.6 Å². The van der Waals surface area contributed by atoms with Crippen molar-refractivity contribution >= 4 is 45.7 Å². The van der Waals surface area contributed by atoms with E-state index in [1.54, 1.807) is 33.4 Å². The molecule has 3 aromatic rings. The third kappa shape index (κ3) is 4.28. The number of amides is 2. The summed E-state index contributed by atoms with van der Waals surface area (Å²) in [5.41, 5.74) is 4.03. The topological polar surface area (TPSA) is 71.3 Å². The lowest BCUT2D eigenvalue weighted by atomic mass is 10.1. The van der Waals surface area contributed by atoms with E-state index in [1.807, 2.05) is 19.9 Å². The molecule has 0 aliphatic carbocycles. The van der Waals surface area contributed by atoms with Gasteiger partial charge in [-0.3, -0.25) is 9.13 Å². The summed E-state index contributed by atoms with van der Waals surface area (Å²) in [5.74, 6) is 0. The molecule has 2 aromatic carbocycles. The number of urea groups is 1. The molecule has 2 heterocycles. The van der Waals surface area contributed by atoms with Gasteiger partial charge in [0.1, 0.15) is 0 Å². The van der Waals surface area contributed by atoms with Crippen LogP contribution in [0.2, 0.25) is 5.02 Å². The van der Waals surface area contributed by atoms with Crippen LogP contribution in [0.3, 0.4) is 0 Å². The van der Waals surface area contributed by atoms with Gasteiger partial charge >= 0.3 is 11.7 Å². The first kappa shape index (κ1) is 21.3. The average Bonchev–Trinajstić information content (AvgIpc) is 3.04. The Hall–Kier alpha value is -2.93. The molecular weight excluding hydrogens is 414 g/mol. The monoisotopic (exact) mass is 441 g/mol. The number of imidazole rings is 1. The molecule has 8 heteroatoms. The quantitative estimate of drug-likeness (QED) is 0.576. The molecule has 7 nitrogen and oxygen atoms in total. The lowest BCUT2D eigenvalue weighted by molar-refractivity contribution is 0.262. The molecule has 0 unspecified atom stereocenters. The maximum Gasteiger partial charge on any atom is 0.329 e. The van der Waals surface area contributed by atoms with E-state index in [1.165, 1.54) is 6.42 Å². The molecule has 2 N–H and O–H groups in total. The summed E-state index contributed by atoms with van der Waals surface area (Å²) in [5, 5.41) is 6.48. The first-order valence-electron chi connectivity index (χ1n) is 10.9. The Morgan fingerprint density at radius 2 is 1.55 bits per heavy atom. The average molecular weight is 442 g/mol. The third-order valence-electron chi connectivity index (χ3n) is 5.82. The van der Waals surface area contributed by atoms with Crippen LogP contribution >= 0.6 is 11.6 Å². The lowest BCUT2D eigenvalue weighted by Gasteiger charge is -2.30. The van der Waals surface area contributed by atoms with Crippen LogP contribution in [0.5, 0.6) is 0 Å². The predicted molar refractivity (Wildman–Crippen MR) is 128 cm³/mol. The van der Waals surface area contributed by atoms with Crippen LogP contribution in [0.15, 0.2) is 41.2 Å². The highest BCUT2D eigenvalue weighted by Gasteiger charge is 2.21. The molecule has 0 atom stereocenters. The fourth-order valence-electron chi connectivity index (χ4n) is 4.28. The molecule has 0 radical (unpaired) electrons. The number of fused-ring (bicyclic) bond motifs is 1. The summed E-state index contributed by atoms with van der Waals surface area (Å²) in [6, 6.07) is 10.6. The summed E-state index contributed by atoms with van der Waals surface area (Å²) in [4.78, 5) is 27.9. The van der Waals surface area contributed by atoms with Gasteiger partial charge in [0.2, 0.25) is 0 Å². The largest absolute Gasteiger partial charge is 0.370 e. The van der Waals surface area contributed by atoms with Gasteiger partial charge in [0.15, 0.2) is 0 Å². The van der Waals surface area contributed by atoms with Crippen LogP contribution in [-0.4, -0.2) is 28.3 Å². The Kier molecular flexibility index (Phi) is 6.23. The van der Waals surface area contributed by atoms with Crippen molar-refractivity contribution in [3.05, 3.63) is 51.9 Å². The minimum Gasteiger partial charge on any atom is -0.370 e. The van der Waals surface area contributed by atoms with E-state index in [9.17, 15) is 9.59 Å². The van der Waals surface area contributed by atoms with E-state index in [2.05, 4.69) is 21.6 Å². The highest BCUT2D eigenvalue weighted by atomic mass is 35.5. The van der Waals surface area contributed by atoms with Crippen molar-refractivity contribution < 1.29 is 4.79 Å². The number of nitrogens with one attached hydrogen (secondary N) is 2. The number of carbonyl (C=O) groups excluding carboxylic acids is 1. The fourth-order valence-corrected chi connectivity index (χ4v) is 4.40. The molecular formula is C23H28ClN5O2. The minimum absolute atomic E-state index is 0.0210. The van der Waals surface area contributed by atoms with E-state index in [4.69, 9.17) is 11.6 Å². The summed E-state index contributed by atoms with van der Waals surface area (Å²) in [7, 11) is 0. The number of halogens is 1. The van der Waals surface area contributed by atoms with Gasteiger partial charge in [-0.15, -0.1) is 0 Å². The second kappa shape index (κ2) is 9.06. The summed E-state index contributed by atoms with van der Waals surface area (Å²) >= 11 is 5.93. The van der Waals surface area contributed by atoms with Gasteiger partial charge < -0.3 is 15.5 Å². The molecule has 1 aliphatic heterocycles. The van der Waals surface area contributed by atoms with Crippen LogP contribution in [0.4, 0.5) is 21.9 Å². The van der Waals surface area contributed by atoms with E-state index in [0.29, 0.717) is 29.5 Å². The number of hydrogen-bond donors (Lipinski definition) is 2. The Balaban J connectivity index is 1.74. The van der Waals surface area contributed by atoms with Crippen LogP contribution in [-0.2, 0) is 13.1 Å². The maximum absolute atomic E-state index is 12.8. The van der Waals surface area contributed by atoms with Crippen molar-refractivity contribution in [2.24, 2.45) is 0 Å². The number of hydrogen-bond acceptors (Lipinski definition) is 3. The zero-order valence-electron chi connectivity index (χ0n) is 17.9. The van der Waals surface area contributed by atoms with Crippen LogP contribution in [0.25, 0.3) is 11.0 Å². The molecule has 0 spiro atoms. The number of aromatic nitrogens is 2. The van der Waals surface area contributed by atoms with E-state index >= 15 is 0 Å². The van der Waals surface area contributed by atoms with Crippen LogP contribution in [0, 0.1) is 0 Å². The van der Waals surface area contributed by atoms with E-state index in [-0.39, 0.29) is 11.7 Å². The zero-order chi connectivity index (χ0) is 22.0. The highest BCUT2D eigenvalue weighted by Crippen LogP contribution is 2.33. The minimum atomic E-state index is -0.333. The number of carbonyl (C=O) groups is 1. The lowest BCUT2D eigenvalue weighted by Crippen LogP contribution is -2.31. The Labute approximate surface area is 186 Å². The molecule has 1 aromatic heterocycles. The number of anilines is 3. The van der Waals surface area contributed by atoms with E-state index < -0.39 is 0 Å². The van der Waals surface area contributed by atoms with Gasteiger partial charge in [0.05, 0.1) is 22.4 Å². The predicted octanol–water partition coefficient (Wildman–Crippen LogP) is 5.13. The van der Waals surface area contributed by atoms with Crippen LogP contribution < -0.4 is 21.2 Å². The normalized spacial score (nSPS) is 14.1. The zero-order valence-corrected chi connectivity index (χ0v) is 18.7. The maximum atomic E-state index is 12.8. The number of rotatable bonds is 5. The standard InChI is InChI=1S/C23H28ClN5O2/c1-3-28-20-14-18(26-22(30)25-17-10-8-16(24)9-11-17)19(27-12-6-5-7-13-27)15-21(20)29(4-2)23(28)31/h8-11,14-15H,3-7,12-13H2,1-2H3,(H2,25,26,30). The Bertz CT molecular complexity index is 1140. The SMILES string of the molecule is CCn1c(=O)n(CC)c2cc(N3CCCCC3)c(NC(=O)Nc3ccc(Cl)cc3)cc21. The Morgan fingerprint density at radius 3 is 2.16 bits per heavy atom. The molecule has 1 aliphatic rings. The molecule has 4 rings (SSSR count). The van der Waals surface area contributed by atoms with Crippen LogP contribution in [0.1, 0.15) is 33.1 Å².